The number of fused-ring (bicyclic) bond motifs is 1. The average molecular weight is 320 g/mol. The first-order valence-electron chi connectivity index (χ1n) is 6.85. The molecule has 2 aliphatic rings. The molecular weight excluding hydrogens is 304 g/mol. The highest BCUT2D eigenvalue weighted by molar-refractivity contribution is 8.18. The Labute approximate surface area is 132 Å². The largest absolute Gasteiger partial charge is 0.493 e. The highest BCUT2D eigenvalue weighted by atomic mass is 32.2. The van der Waals surface area contributed by atoms with Crippen LogP contribution in [0.5, 0.6) is 17.2 Å². The second-order valence-electron chi connectivity index (χ2n) is 4.66. The van der Waals surface area contributed by atoms with E-state index in [0.717, 1.165) is 5.56 Å². The van der Waals surface area contributed by atoms with E-state index in [2.05, 4.69) is 4.99 Å². The summed E-state index contributed by atoms with van der Waals surface area (Å²) in [5.41, 5.74) is 0.785. The van der Waals surface area contributed by atoms with Crippen molar-refractivity contribution in [2.24, 2.45) is 4.99 Å². The first-order valence-corrected chi connectivity index (χ1v) is 7.66. The fourth-order valence-corrected chi connectivity index (χ4v) is 3.14. The molecule has 1 saturated heterocycles. The van der Waals surface area contributed by atoms with E-state index < -0.39 is 0 Å². The van der Waals surface area contributed by atoms with Gasteiger partial charge in [0.2, 0.25) is 6.79 Å². The number of nitrogens with zero attached hydrogens (tertiary/aromatic N) is 2. The fourth-order valence-electron chi connectivity index (χ4n) is 2.22. The number of thioether (sulfide) groups is 1. The summed E-state index contributed by atoms with van der Waals surface area (Å²) in [7, 11) is 3.38. The number of amidine groups is 1. The number of aliphatic imine (C=N–C) groups is 1. The Bertz CT molecular complexity index is 684. The van der Waals surface area contributed by atoms with E-state index in [0.29, 0.717) is 33.9 Å². The van der Waals surface area contributed by atoms with Gasteiger partial charge >= 0.3 is 0 Å². The molecule has 0 atom stereocenters. The van der Waals surface area contributed by atoms with Gasteiger partial charge in [-0.25, -0.2) is 0 Å². The molecule has 7 heteroatoms. The number of carbonyl (C=O) groups is 1. The van der Waals surface area contributed by atoms with Gasteiger partial charge < -0.3 is 14.2 Å². The molecule has 22 heavy (non-hydrogen) atoms. The maximum atomic E-state index is 12.2. The Hall–Kier alpha value is -2.15. The summed E-state index contributed by atoms with van der Waals surface area (Å²) in [4.78, 5) is 18.5. The lowest BCUT2D eigenvalue weighted by Gasteiger charge is -2.09. The first kappa shape index (κ1) is 14.8. The van der Waals surface area contributed by atoms with Crippen molar-refractivity contribution in [3.63, 3.8) is 0 Å². The van der Waals surface area contributed by atoms with Crippen LogP contribution in [0.15, 0.2) is 22.0 Å². The van der Waals surface area contributed by atoms with E-state index >= 15 is 0 Å². The lowest BCUT2D eigenvalue weighted by Crippen LogP contribution is -2.23. The van der Waals surface area contributed by atoms with Crippen LogP contribution in [0.2, 0.25) is 0 Å². The summed E-state index contributed by atoms with van der Waals surface area (Å²) >= 11 is 1.34. The van der Waals surface area contributed by atoms with Crippen LogP contribution in [0.3, 0.4) is 0 Å². The predicted molar refractivity (Wildman–Crippen MR) is 85.4 cm³/mol. The van der Waals surface area contributed by atoms with Crippen molar-refractivity contribution in [3.05, 3.63) is 22.6 Å². The standard InChI is InChI=1S/C15H16N2O4S/c1-4-19-10-7-12-11(20-8-21-12)5-9(10)6-13-14(18)17(3)15(16-2)22-13/h5-7H,4,8H2,1-3H3/b13-6+,16-15?. The summed E-state index contributed by atoms with van der Waals surface area (Å²) in [5.74, 6) is 1.90. The van der Waals surface area contributed by atoms with Gasteiger partial charge in [0.1, 0.15) is 5.75 Å². The second-order valence-corrected chi connectivity index (χ2v) is 5.67. The minimum Gasteiger partial charge on any atom is -0.493 e. The Kier molecular flexibility index (Phi) is 3.98. The SMILES string of the molecule is CCOc1cc2c(cc1/C=C1/SC(=NC)N(C)C1=O)OCO2. The van der Waals surface area contributed by atoms with Gasteiger partial charge in [0.15, 0.2) is 16.7 Å². The van der Waals surface area contributed by atoms with Crippen molar-refractivity contribution in [1.29, 1.82) is 0 Å². The smallest absolute Gasteiger partial charge is 0.266 e. The topological polar surface area (TPSA) is 60.4 Å². The molecule has 0 N–H and O–H groups in total. The van der Waals surface area contributed by atoms with E-state index in [1.54, 1.807) is 26.2 Å². The maximum absolute atomic E-state index is 12.2. The number of benzene rings is 1. The molecule has 3 rings (SSSR count). The summed E-state index contributed by atoms with van der Waals surface area (Å²) in [6.45, 7) is 2.63. The Balaban J connectivity index is 2.01. The van der Waals surface area contributed by atoms with Gasteiger partial charge in [0.05, 0.1) is 11.5 Å². The Morgan fingerprint density at radius 1 is 1.41 bits per heavy atom. The Morgan fingerprint density at radius 3 is 2.77 bits per heavy atom. The van der Waals surface area contributed by atoms with Gasteiger partial charge in [0, 0.05) is 25.7 Å². The molecule has 2 aliphatic heterocycles. The predicted octanol–water partition coefficient (Wildman–Crippen LogP) is 2.35. The number of hydrogen-bond donors (Lipinski definition) is 0. The summed E-state index contributed by atoms with van der Waals surface area (Å²) < 4.78 is 16.4. The normalized spacial score (nSPS) is 20.3. The highest BCUT2D eigenvalue weighted by Gasteiger charge is 2.30. The van der Waals surface area contributed by atoms with Gasteiger partial charge in [0.25, 0.3) is 5.91 Å². The van der Waals surface area contributed by atoms with E-state index in [4.69, 9.17) is 14.2 Å². The molecule has 1 aromatic carbocycles. The Morgan fingerprint density at radius 2 is 2.14 bits per heavy atom. The highest BCUT2D eigenvalue weighted by Crippen LogP contribution is 2.40. The van der Waals surface area contributed by atoms with Crippen molar-refractivity contribution in [3.8, 4) is 17.2 Å². The van der Waals surface area contributed by atoms with E-state index in [-0.39, 0.29) is 12.7 Å². The third-order valence-corrected chi connectivity index (χ3v) is 4.44. The molecule has 0 unspecified atom stereocenters. The van der Waals surface area contributed by atoms with Crippen LogP contribution < -0.4 is 14.2 Å². The van der Waals surface area contributed by atoms with Crippen LogP contribution in [0.25, 0.3) is 6.08 Å². The molecule has 0 spiro atoms. The number of amides is 1. The number of hydrogen-bond acceptors (Lipinski definition) is 6. The molecule has 0 bridgehead atoms. The zero-order valence-electron chi connectivity index (χ0n) is 12.6. The van der Waals surface area contributed by atoms with Crippen LogP contribution >= 0.6 is 11.8 Å². The number of carbonyl (C=O) groups excluding carboxylic acids is 1. The minimum atomic E-state index is -0.0780. The molecule has 0 aromatic heterocycles. The van der Waals surface area contributed by atoms with Crippen LogP contribution in [-0.2, 0) is 4.79 Å². The van der Waals surface area contributed by atoms with Gasteiger partial charge in [-0.3, -0.25) is 14.7 Å². The summed E-state index contributed by atoms with van der Waals surface area (Å²) in [6.07, 6.45) is 1.80. The minimum absolute atomic E-state index is 0.0780. The average Bonchev–Trinajstić information content (AvgIpc) is 3.07. The van der Waals surface area contributed by atoms with Crippen LogP contribution in [0.4, 0.5) is 0 Å². The van der Waals surface area contributed by atoms with Crippen LogP contribution in [0, 0.1) is 0 Å². The van der Waals surface area contributed by atoms with E-state index in [1.807, 2.05) is 13.0 Å². The molecule has 1 amide bonds. The molecule has 0 aliphatic carbocycles. The van der Waals surface area contributed by atoms with Gasteiger partial charge in [-0.1, -0.05) is 0 Å². The molecule has 0 saturated carbocycles. The monoisotopic (exact) mass is 320 g/mol. The van der Waals surface area contributed by atoms with Crippen LogP contribution in [-0.4, -0.2) is 43.5 Å². The van der Waals surface area contributed by atoms with Gasteiger partial charge in [-0.15, -0.1) is 0 Å². The molecule has 1 aromatic rings. The zero-order chi connectivity index (χ0) is 15.7. The fraction of sp³-hybridized carbons (Fsp3) is 0.333. The number of rotatable bonds is 3. The summed E-state index contributed by atoms with van der Waals surface area (Å²) in [5, 5.41) is 0.676. The van der Waals surface area contributed by atoms with Crippen molar-refractivity contribution < 1.29 is 19.0 Å². The zero-order valence-corrected chi connectivity index (χ0v) is 13.4. The van der Waals surface area contributed by atoms with Crippen molar-refractivity contribution in [1.82, 2.24) is 4.90 Å². The van der Waals surface area contributed by atoms with Gasteiger partial charge in [-0.2, -0.15) is 0 Å². The van der Waals surface area contributed by atoms with Crippen molar-refractivity contribution in [2.45, 2.75) is 6.92 Å². The van der Waals surface area contributed by atoms with Crippen LogP contribution in [0.1, 0.15) is 12.5 Å². The molecule has 2 heterocycles. The van der Waals surface area contributed by atoms with Gasteiger partial charge in [-0.05, 0) is 30.8 Å². The molecule has 6 nitrogen and oxygen atoms in total. The lowest BCUT2D eigenvalue weighted by molar-refractivity contribution is -0.121. The maximum Gasteiger partial charge on any atom is 0.266 e. The molecule has 116 valence electrons. The first-order chi connectivity index (χ1) is 10.6. The van der Waals surface area contributed by atoms with Crippen molar-refractivity contribution >= 4 is 28.9 Å². The molecule has 0 radical (unpaired) electrons. The molecular formula is C15H16N2O4S. The third kappa shape index (κ3) is 2.52. The molecule has 1 fully saturated rings. The van der Waals surface area contributed by atoms with Crippen molar-refractivity contribution in [2.75, 3.05) is 27.5 Å². The summed E-state index contributed by atoms with van der Waals surface area (Å²) in [6, 6.07) is 3.62. The second kappa shape index (κ2) is 5.92. The third-order valence-electron chi connectivity index (χ3n) is 3.29. The quantitative estimate of drug-likeness (QED) is 0.800. The van der Waals surface area contributed by atoms with E-state index in [9.17, 15) is 4.79 Å². The number of likely N-dealkylation sites (N-methyl/N-ethyl adjacent to an activating group) is 1. The van der Waals surface area contributed by atoms with E-state index in [1.165, 1.54) is 16.7 Å². The number of ether oxygens (including phenoxy) is 3. The lowest BCUT2D eigenvalue weighted by atomic mass is 10.1.